The minimum absolute atomic E-state index is 0.0676. The topological polar surface area (TPSA) is 76.1 Å². The Morgan fingerprint density at radius 1 is 1.19 bits per heavy atom. The summed E-state index contributed by atoms with van der Waals surface area (Å²) in [7, 11) is -4.17. The maximum Gasteiger partial charge on any atom is 0.417 e. The summed E-state index contributed by atoms with van der Waals surface area (Å²) in [5.74, 6) is -1.52. The normalized spacial score (nSPS) is 12.7. The van der Waals surface area contributed by atoms with Gasteiger partial charge in [0.1, 0.15) is 10.7 Å². The molecule has 0 bridgehead atoms. The van der Waals surface area contributed by atoms with E-state index in [0.29, 0.717) is 6.20 Å². The van der Waals surface area contributed by atoms with Gasteiger partial charge in [0.2, 0.25) is 9.84 Å². The zero-order valence-electron chi connectivity index (χ0n) is 13.9. The molecule has 1 aromatic heterocycles. The van der Waals surface area contributed by atoms with E-state index in [1.54, 1.807) is 19.1 Å². The second kappa shape index (κ2) is 8.10. The van der Waals surface area contributed by atoms with Crippen LogP contribution in [0.4, 0.5) is 19.0 Å². The van der Waals surface area contributed by atoms with E-state index in [2.05, 4.69) is 10.3 Å². The summed E-state index contributed by atoms with van der Waals surface area (Å²) in [5.41, 5.74) is -0.128. The Kier molecular flexibility index (Phi) is 6.27. The summed E-state index contributed by atoms with van der Waals surface area (Å²) in [6.45, 7) is 1.77. The lowest BCUT2D eigenvalue weighted by molar-refractivity contribution is -0.137. The van der Waals surface area contributed by atoms with Gasteiger partial charge in [-0.25, -0.2) is 13.4 Å². The molecule has 27 heavy (non-hydrogen) atoms. The highest BCUT2D eigenvalue weighted by atomic mass is 35.5. The number of sulfone groups is 1. The minimum Gasteiger partial charge on any atom is -0.345 e. The van der Waals surface area contributed by atoms with Crippen LogP contribution in [0.1, 0.15) is 11.1 Å². The average molecular weight is 419 g/mol. The molecule has 1 heterocycles. The van der Waals surface area contributed by atoms with Gasteiger partial charge in [-0.3, -0.25) is 4.79 Å². The zero-order valence-corrected chi connectivity index (χ0v) is 15.5. The van der Waals surface area contributed by atoms with E-state index in [4.69, 9.17) is 11.6 Å². The van der Waals surface area contributed by atoms with Gasteiger partial charge in [-0.15, -0.1) is 11.6 Å². The quantitative estimate of drug-likeness (QED) is 0.568. The van der Waals surface area contributed by atoms with Crippen LogP contribution in [-0.4, -0.2) is 25.1 Å². The van der Waals surface area contributed by atoms with Crippen LogP contribution in [0.5, 0.6) is 0 Å². The van der Waals surface area contributed by atoms with Crippen molar-refractivity contribution >= 4 is 33.0 Å². The van der Waals surface area contributed by atoms with Crippen molar-refractivity contribution < 1.29 is 26.4 Å². The predicted octanol–water partition coefficient (Wildman–Crippen LogP) is 3.94. The number of carbonyl (C=O) groups is 1. The van der Waals surface area contributed by atoms with Gasteiger partial charge >= 0.3 is 6.18 Å². The number of aryl methyl sites for hydroxylation is 1. The fourth-order valence-corrected chi connectivity index (χ4v) is 3.56. The first kappa shape index (κ1) is 20.9. The number of allylic oxidation sites excluding steroid dienone is 1. The molecule has 0 spiro atoms. The van der Waals surface area contributed by atoms with Crippen molar-refractivity contribution in [3.05, 3.63) is 64.8 Å². The second-order valence-electron chi connectivity index (χ2n) is 5.46. The van der Waals surface area contributed by atoms with Crippen LogP contribution in [-0.2, 0) is 20.8 Å². The Bertz CT molecular complexity index is 954. The maximum absolute atomic E-state index is 12.7. The first-order chi connectivity index (χ1) is 12.6. The number of alkyl halides is 4. The van der Waals surface area contributed by atoms with Gasteiger partial charge in [-0.1, -0.05) is 17.7 Å². The number of nitrogens with one attached hydrogen (secondary N) is 1. The number of hydrogen-bond donors (Lipinski definition) is 1. The molecule has 1 aromatic carbocycles. The van der Waals surface area contributed by atoms with Crippen LogP contribution in [0, 0.1) is 6.92 Å². The summed E-state index contributed by atoms with van der Waals surface area (Å²) in [5, 5.41) is 2.43. The molecule has 2 rings (SSSR count). The van der Waals surface area contributed by atoms with E-state index >= 15 is 0 Å². The van der Waals surface area contributed by atoms with E-state index in [1.807, 2.05) is 0 Å². The molecule has 0 fully saturated rings. The molecule has 5 nitrogen and oxygen atoms in total. The number of aromatic nitrogens is 1. The number of nitrogens with zero attached hydrogens (tertiary/aromatic N) is 1. The minimum atomic E-state index is -4.55. The number of halogens is 4. The lowest BCUT2D eigenvalue weighted by Gasteiger charge is -2.09. The van der Waals surface area contributed by atoms with Crippen LogP contribution in [0.3, 0.4) is 0 Å². The van der Waals surface area contributed by atoms with E-state index in [-0.39, 0.29) is 10.7 Å². The molecule has 2 aromatic rings. The first-order valence-corrected chi connectivity index (χ1v) is 9.48. The molecule has 10 heteroatoms. The Hall–Kier alpha value is -2.39. The summed E-state index contributed by atoms with van der Waals surface area (Å²) < 4.78 is 63.0. The Morgan fingerprint density at radius 3 is 2.30 bits per heavy atom. The molecule has 0 radical (unpaired) electrons. The Morgan fingerprint density at radius 2 is 1.81 bits per heavy atom. The number of Topliss-reactive ketones (excluding diaryl/α,β-unsaturated/α-hetero) is 1. The standard InChI is InChI=1S/C17H14ClF3N2O3S/c1-11-2-5-13(6-3-11)27(25,26)15(14(24)8-18)10-23-16-7-4-12(9-22-16)17(19,20)21/h2-7,9-10H,8H2,1H3,(H,22,23)/b15-10+. The smallest absolute Gasteiger partial charge is 0.345 e. The van der Waals surface area contributed by atoms with Gasteiger partial charge in [0.05, 0.1) is 16.3 Å². The number of benzene rings is 1. The van der Waals surface area contributed by atoms with Crippen LogP contribution in [0.25, 0.3) is 0 Å². The number of anilines is 1. The molecule has 0 amide bonds. The molecule has 0 aliphatic carbocycles. The molecule has 0 atom stereocenters. The molecule has 0 saturated carbocycles. The lowest BCUT2D eigenvalue weighted by atomic mass is 10.2. The fourth-order valence-electron chi connectivity index (χ4n) is 2.00. The van der Waals surface area contributed by atoms with Gasteiger partial charge < -0.3 is 5.32 Å². The molecular formula is C17H14ClF3N2O3S. The highest BCUT2D eigenvalue weighted by Gasteiger charge is 2.30. The SMILES string of the molecule is Cc1ccc(S(=O)(=O)/C(=C/Nc2ccc(C(F)(F)F)cn2)C(=O)CCl)cc1. The fraction of sp³-hybridized carbons (Fsp3) is 0.176. The molecule has 0 saturated heterocycles. The first-order valence-electron chi connectivity index (χ1n) is 7.46. The molecule has 0 unspecified atom stereocenters. The van der Waals surface area contributed by atoms with Crippen molar-refractivity contribution in [2.24, 2.45) is 0 Å². The van der Waals surface area contributed by atoms with Gasteiger partial charge in [-0.05, 0) is 31.2 Å². The van der Waals surface area contributed by atoms with Gasteiger partial charge in [-0.2, -0.15) is 13.2 Å². The highest BCUT2D eigenvalue weighted by Crippen LogP contribution is 2.29. The van der Waals surface area contributed by atoms with Crippen molar-refractivity contribution in [3.63, 3.8) is 0 Å². The molecule has 0 aliphatic rings. The lowest BCUT2D eigenvalue weighted by Crippen LogP contribution is -2.17. The van der Waals surface area contributed by atoms with Crippen molar-refractivity contribution in [1.29, 1.82) is 0 Å². The maximum atomic E-state index is 12.7. The van der Waals surface area contributed by atoms with Crippen LogP contribution < -0.4 is 5.32 Å². The Labute approximate surface area is 158 Å². The number of carbonyl (C=O) groups excluding carboxylic acids is 1. The third kappa shape index (κ3) is 5.08. The monoisotopic (exact) mass is 418 g/mol. The average Bonchev–Trinajstić information content (AvgIpc) is 2.61. The van der Waals surface area contributed by atoms with E-state index < -0.39 is 38.1 Å². The van der Waals surface area contributed by atoms with E-state index in [0.717, 1.165) is 23.9 Å². The number of hydrogen-bond acceptors (Lipinski definition) is 5. The summed E-state index contributed by atoms with van der Waals surface area (Å²) in [6, 6.07) is 7.62. The summed E-state index contributed by atoms with van der Waals surface area (Å²) in [4.78, 5) is 14.8. The number of rotatable bonds is 6. The third-order valence-electron chi connectivity index (χ3n) is 3.46. The van der Waals surface area contributed by atoms with Gasteiger partial charge in [0.15, 0.2) is 5.78 Å². The zero-order chi connectivity index (χ0) is 20.2. The summed E-state index contributed by atoms with van der Waals surface area (Å²) >= 11 is 5.49. The van der Waals surface area contributed by atoms with Crippen LogP contribution in [0.2, 0.25) is 0 Å². The van der Waals surface area contributed by atoms with Crippen LogP contribution >= 0.6 is 11.6 Å². The number of pyridine rings is 1. The molecule has 144 valence electrons. The van der Waals surface area contributed by atoms with Crippen molar-refractivity contribution in [1.82, 2.24) is 4.98 Å². The van der Waals surface area contributed by atoms with Gasteiger partial charge in [0.25, 0.3) is 0 Å². The van der Waals surface area contributed by atoms with Crippen LogP contribution in [0.15, 0.2) is 58.6 Å². The summed E-state index contributed by atoms with van der Waals surface area (Å²) in [6.07, 6.45) is -3.08. The molecule has 1 N–H and O–H groups in total. The van der Waals surface area contributed by atoms with E-state index in [9.17, 15) is 26.4 Å². The van der Waals surface area contributed by atoms with Crippen molar-refractivity contribution in [3.8, 4) is 0 Å². The molecule has 0 aliphatic heterocycles. The Balaban J connectivity index is 2.36. The van der Waals surface area contributed by atoms with E-state index in [1.165, 1.54) is 12.1 Å². The van der Waals surface area contributed by atoms with Crippen molar-refractivity contribution in [2.45, 2.75) is 18.0 Å². The predicted molar refractivity (Wildman–Crippen MR) is 95.0 cm³/mol. The third-order valence-corrected chi connectivity index (χ3v) is 5.52. The second-order valence-corrected chi connectivity index (χ2v) is 7.64. The molecular weight excluding hydrogens is 405 g/mol. The highest BCUT2D eigenvalue weighted by molar-refractivity contribution is 7.96. The largest absolute Gasteiger partial charge is 0.417 e. The van der Waals surface area contributed by atoms with Gasteiger partial charge in [0, 0.05) is 12.4 Å². The van der Waals surface area contributed by atoms with Crippen molar-refractivity contribution in [2.75, 3.05) is 11.2 Å². The number of ketones is 1.